The Hall–Kier alpha value is 0.530. The van der Waals surface area contributed by atoms with E-state index in [1.807, 2.05) is 0 Å². The molecule has 0 heterocycles. The molecule has 0 fully saturated rings. The van der Waals surface area contributed by atoms with Crippen molar-refractivity contribution in [1.82, 2.24) is 4.17 Å². The summed E-state index contributed by atoms with van der Waals surface area (Å²) in [6.07, 6.45) is 7.93. The molecular formula is C12H31NOP2. The van der Waals surface area contributed by atoms with E-state index in [2.05, 4.69) is 41.5 Å². The molecule has 0 saturated heterocycles. The summed E-state index contributed by atoms with van der Waals surface area (Å²) >= 11 is 0. The predicted octanol–water partition coefficient (Wildman–Crippen LogP) is 4.40. The third-order valence-corrected chi connectivity index (χ3v) is 14.0. The van der Waals surface area contributed by atoms with Crippen LogP contribution in [0.1, 0.15) is 41.5 Å². The zero-order chi connectivity index (χ0) is 11.9. The number of nitrogens with zero attached hydrogens (tertiary/aromatic N) is 1. The van der Waals surface area contributed by atoms with Gasteiger partial charge in [-0.05, 0) is 0 Å². The van der Waals surface area contributed by atoms with Gasteiger partial charge in [-0.3, -0.25) is 0 Å². The van der Waals surface area contributed by atoms with E-state index in [9.17, 15) is 0 Å². The largest absolute Gasteiger partial charge is 0.870 e. The van der Waals surface area contributed by atoms with Gasteiger partial charge in [-0.15, -0.1) is 0 Å². The van der Waals surface area contributed by atoms with Crippen LogP contribution in [0.5, 0.6) is 0 Å². The lowest BCUT2D eigenvalue weighted by Crippen LogP contribution is -2.01. The van der Waals surface area contributed by atoms with Crippen molar-refractivity contribution in [3.63, 3.8) is 0 Å². The molecule has 0 spiro atoms. The van der Waals surface area contributed by atoms with E-state index < -0.39 is 14.1 Å². The van der Waals surface area contributed by atoms with Crippen LogP contribution in [0.15, 0.2) is 0 Å². The zero-order valence-corrected chi connectivity index (χ0v) is 13.8. The van der Waals surface area contributed by atoms with E-state index in [0.29, 0.717) is 0 Å². The van der Waals surface area contributed by atoms with Crippen LogP contribution in [-0.2, 0) is 0 Å². The van der Waals surface area contributed by atoms with Gasteiger partial charge in [0, 0.05) is 37.0 Å². The van der Waals surface area contributed by atoms with Crippen LogP contribution in [0.4, 0.5) is 0 Å². The summed E-state index contributed by atoms with van der Waals surface area (Å²) in [7, 11) is -1.87. The molecule has 0 rings (SSSR count). The minimum Gasteiger partial charge on any atom is -0.870 e. The van der Waals surface area contributed by atoms with Gasteiger partial charge >= 0.3 is 0 Å². The first-order chi connectivity index (χ1) is 7.07. The first-order valence-corrected chi connectivity index (χ1v) is 11.1. The summed E-state index contributed by atoms with van der Waals surface area (Å²) in [5.41, 5.74) is 0. The maximum absolute atomic E-state index is 5.47. The van der Waals surface area contributed by atoms with E-state index in [0.717, 1.165) is 0 Å². The van der Waals surface area contributed by atoms with Gasteiger partial charge in [0.2, 0.25) is 14.1 Å². The van der Waals surface area contributed by atoms with Gasteiger partial charge in [-0.25, -0.2) is 0 Å². The number of rotatable bonds is 6. The maximum atomic E-state index is 5.47. The molecule has 2 nitrogen and oxygen atoms in total. The molecule has 0 aliphatic carbocycles. The molecular weight excluding hydrogens is 236 g/mol. The average molecular weight is 267 g/mol. The van der Waals surface area contributed by atoms with E-state index in [1.165, 1.54) is 37.0 Å². The minimum absolute atomic E-state index is 0. The van der Waals surface area contributed by atoms with E-state index >= 15 is 0 Å². The Morgan fingerprint density at radius 3 is 0.875 bits per heavy atom. The first-order valence-electron chi connectivity index (χ1n) is 6.54. The van der Waals surface area contributed by atoms with Crippen molar-refractivity contribution >= 4 is 14.1 Å². The van der Waals surface area contributed by atoms with Crippen LogP contribution in [0.25, 0.3) is 0 Å². The van der Waals surface area contributed by atoms with Crippen molar-refractivity contribution in [1.29, 1.82) is 0 Å². The van der Waals surface area contributed by atoms with Crippen LogP contribution in [0, 0.1) is 0 Å². The highest BCUT2D eigenvalue weighted by Gasteiger charge is 2.28. The maximum Gasteiger partial charge on any atom is 0.215 e. The summed E-state index contributed by atoms with van der Waals surface area (Å²) in [5.74, 6) is 0. The molecule has 16 heavy (non-hydrogen) atoms. The molecule has 4 heteroatoms. The fourth-order valence-electron chi connectivity index (χ4n) is 2.12. The second kappa shape index (κ2) is 8.60. The smallest absolute Gasteiger partial charge is 0.215 e. The normalized spacial score (nSPS) is 11.9. The van der Waals surface area contributed by atoms with Gasteiger partial charge in [0.05, 0.1) is 0 Å². The quantitative estimate of drug-likeness (QED) is 0.519. The molecule has 0 aliphatic heterocycles. The van der Waals surface area contributed by atoms with Crippen molar-refractivity contribution in [2.75, 3.05) is 37.0 Å². The fourth-order valence-corrected chi connectivity index (χ4v) is 11.1. The van der Waals surface area contributed by atoms with Crippen molar-refractivity contribution in [3.8, 4) is 0 Å². The summed E-state index contributed by atoms with van der Waals surface area (Å²) in [5, 5.41) is 0. The van der Waals surface area contributed by atoms with Crippen molar-refractivity contribution in [2.24, 2.45) is 0 Å². The molecule has 0 aromatic rings. The second-order valence-corrected chi connectivity index (χ2v) is 13.1. The Morgan fingerprint density at radius 2 is 0.750 bits per heavy atom. The number of hydrogen-bond acceptors (Lipinski definition) is 1. The van der Waals surface area contributed by atoms with Crippen LogP contribution in [0.3, 0.4) is 0 Å². The Bertz CT molecular complexity index is 229. The lowest BCUT2D eigenvalue weighted by atomic mass is 10.9. The molecule has 1 N–H and O–H groups in total. The third kappa shape index (κ3) is 4.42. The highest BCUT2D eigenvalue weighted by atomic mass is 31.2. The topological polar surface area (TPSA) is 44.1 Å². The Morgan fingerprint density at radius 1 is 0.562 bits per heavy atom. The molecule has 100 valence electrons. The monoisotopic (exact) mass is 267 g/mol. The van der Waals surface area contributed by atoms with Gasteiger partial charge in [0.25, 0.3) is 0 Å². The predicted molar refractivity (Wildman–Crippen MR) is 81.2 cm³/mol. The van der Waals surface area contributed by atoms with Gasteiger partial charge < -0.3 is 5.48 Å². The second-order valence-electron chi connectivity index (χ2n) is 4.18. The molecule has 0 bridgehead atoms. The van der Waals surface area contributed by atoms with E-state index in [4.69, 9.17) is 4.17 Å². The van der Waals surface area contributed by atoms with Crippen LogP contribution in [-0.4, -0.2) is 42.4 Å². The zero-order valence-electron chi connectivity index (χ0n) is 12.0. The minimum atomic E-state index is -0.936. The highest BCUT2D eigenvalue weighted by Crippen LogP contribution is 2.51. The van der Waals surface area contributed by atoms with Gasteiger partial charge in [-0.2, -0.15) is 4.17 Å². The molecule has 0 aromatic carbocycles. The van der Waals surface area contributed by atoms with Crippen molar-refractivity contribution < 1.29 is 5.48 Å². The Kier molecular flexibility index (Phi) is 10.1. The lowest BCUT2D eigenvalue weighted by molar-refractivity contribution is 0.824. The molecule has 0 unspecified atom stereocenters. The number of hydrogen-bond donors (Lipinski definition) is 0. The highest BCUT2D eigenvalue weighted by molar-refractivity contribution is 7.73. The molecule has 0 saturated carbocycles. The Balaban J connectivity index is 0. The van der Waals surface area contributed by atoms with Gasteiger partial charge in [0.1, 0.15) is 0 Å². The fraction of sp³-hybridized carbons (Fsp3) is 1.00. The summed E-state index contributed by atoms with van der Waals surface area (Å²) in [6.45, 7) is 14.1. The standard InChI is InChI=1S/C12H30NP2.H2O/c1-7-14(8-2,9-3)13-15(10-4,11-5)12-6;/h7-12H2,1-6H3;1H2/q+1;/p-1. The van der Waals surface area contributed by atoms with Crippen LogP contribution >= 0.6 is 14.1 Å². The van der Waals surface area contributed by atoms with E-state index in [-0.39, 0.29) is 5.48 Å². The SMILES string of the molecule is CCP(CC)(CC)=[N+]=P(CC)(CC)CC.[OH-]. The summed E-state index contributed by atoms with van der Waals surface area (Å²) < 4.78 is 5.47. The summed E-state index contributed by atoms with van der Waals surface area (Å²) in [6, 6.07) is 0. The van der Waals surface area contributed by atoms with Gasteiger partial charge in [-0.1, -0.05) is 41.5 Å². The Labute approximate surface area is 103 Å². The average Bonchev–Trinajstić information content (AvgIpc) is 2.33. The molecule has 0 amide bonds. The molecule has 0 atom stereocenters. The van der Waals surface area contributed by atoms with Crippen molar-refractivity contribution in [2.45, 2.75) is 41.5 Å². The lowest BCUT2D eigenvalue weighted by Gasteiger charge is -2.11. The van der Waals surface area contributed by atoms with Crippen LogP contribution in [0.2, 0.25) is 0 Å². The molecule has 0 aromatic heterocycles. The van der Waals surface area contributed by atoms with Gasteiger partial charge in [0.15, 0.2) is 0 Å². The molecule has 0 radical (unpaired) electrons. The summed E-state index contributed by atoms with van der Waals surface area (Å²) in [4.78, 5) is 0. The van der Waals surface area contributed by atoms with E-state index in [1.54, 1.807) is 0 Å². The molecule has 0 aliphatic rings. The first kappa shape index (κ1) is 18.9. The van der Waals surface area contributed by atoms with Crippen molar-refractivity contribution in [3.05, 3.63) is 0 Å². The van der Waals surface area contributed by atoms with Crippen LogP contribution < -0.4 is 4.17 Å². The third-order valence-electron chi connectivity index (χ3n) is 3.91.